The Morgan fingerprint density at radius 3 is 2.56 bits per heavy atom. The van der Waals surface area contributed by atoms with Gasteiger partial charge in [0.2, 0.25) is 0 Å². The first kappa shape index (κ1) is 40.3. The standard InChI is InChI=1S/C42H41FN8O5S3/c43-34-25-31(14-15-35(34)45-29(17-19-50-21-23-56-24-22-50)27-57-30-8-2-1-3-9-30)59(54,55)49-40(53)36-11-5-13-38(46-36)51-20-16-28-7-4-10-32(33(28)26-51)39(52)48-42-47-37-12-6-18-44-41(37)58-42/h1-15,18,25,29,45H,16-17,19-24,26-27H2,(H,49,53)(H,47,48,52)/t29-/m1/s1. The zero-order valence-electron chi connectivity index (χ0n) is 31.8. The van der Waals surface area contributed by atoms with Crippen LogP contribution in [0.15, 0.2) is 113 Å². The number of carbonyl (C=O) groups excluding carboxylic acids is 2. The minimum atomic E-state index is -4.47. The highest BCUT2D eigenvalue weighted by atomic mass is 32.2. The molecule has 0 spiro atoms. The number of nitrogens with one attached hydrogen (secondary N) is 3. The van der Waals surface area contributed by atoms with Gasteiger partial charge >= 0.3 is 0 Å². The Labute approximate surface area is 349 Å². The zero-order valence-corrected chi connectivity index (χ0v) is 34.3. The van der Waals surface area contributed by atoms with Crippen molar-refractivity contribution in [3.05, 3.63) is 131 Å². The van der Waals surface area contributed by atoms with Crippen LogP contribution >= 0.6 is 23.1 Å². The molecule has 0 saturated carbocycles. The fraction of sp³-hybridized carbons (Fsp3) is 0.262. The van der Waals surface area contributed by atoms with Crippen molar-refractivity contribution in [1.82, 2.24) is 24.6 Å². The molecule has 59 heavy (non-hydrogen) atoms. The SMILES string of the molecule is O=C(NS(=O)(=O)c1ccc(N[C@H](CCN2CCOCC2)CSc2ccccc2)c(F)c1)c1cccc(N2CCc3cccc(C(=O)Nc4nc5cccnc5s4)c3C2)n1. The van der Waals surface area contributed by atoms with Crippen LogP contribution < -0.4 is 20.3 Å². The number of amides is 2. The average Bonchev–Trinajstić information content (AvgIpc) is 3.67. The van der Waals surface area contributed by atoms with Crippen LogP contribution in [-0.4, -0.2) is 91.3 Å². The van der Waals surface area contributed by atoms with Crippen molar-refractivity contribution in [3.8, 4) is 0 Å². The average molecular weight is 853 g/mol. The van der Waals surface area contributed by atoms with Crippen LogP contribution in [0.25, 0.3) is 10.3 Å². The molecule has 0 unspecified atom stereocenters. The first-order valence-corrected chi connectivity index (χ1v) is 22.4. The molecular formula is C42H41FN8O5S3. The van der Waals surface area contributed by atoms with E-state index < -0.39 is 26.6 Å². The smallest absolute Gasteiger partial charge is 0.283 e. The zero-order chi connectivity index (χ0) is 40.8. The number of rotatable bonds is 14. The summed E-state index contributed by atoms with van der Waals surface area (Å²) in [6.07, 6.45) is 3.03. The first-order valence-electron chi connectivity index (χ1n) is 19.2. The summed E-state index contributed by atoms with van der Waals surface area (Å²) in [5.41, 5.74) is 3.05. The number of hydrogen-bond acceptors (Lipinski definition) is 13. The summed E-state index contributed by atoms with van der Waals surface area (Å²) < 4.78 is 50.0. The van der Waals surface area contributed by atoms with E-state index in [0.717, 1.165) is 53.0 Å². The molecule has 3 aromatic carbocycles. The molecule has 5 heterocycles. The van der Waals surface area contributed by atoms with Crippen LogP contribution in [0.3, 0.4) is 0 Å². The van der Waals surface area contributed by atoms with Crippen molar-refractivity contribution in [1.29, 1.82) is 0 Å². The van der Waals surface area contributed by atoms with E-state index in [4.69, 9.17) is 4.74 Å². The Morgan fingerprint density at radius 2 is 1.75 bits per heavy atom. The number of nitrogens with zero attached hydrogens (tertiary/aromatic N) is 5. The van der Waals surface area contributed by atoms with Crippen molar-refractivity contribution in [3.63, 3.8) is 0 Å². The summed E-state index contributed by atoms with van der Waals surface area (Å²) >= 11 is 2.95. The van der Waals surface area contributed by atoms with E-state index in [0.29, 0.717) is 60.5 Å². The number of hydrogen-bond donors (Lipinski definition) is 3. The van der Waals surface area contributed by atoms with Gasteiger partial charge in [-0.3, -0.25) is 19.8 Å². The number of anilines is 3. The number of fused-ring (bicyclic) bond motifs is 2. The maximum Gasteiger partial charge on any atom is 0.283 e. The third kappa shape index (κ3) is 9.88. The van der Waals surface area contributed by atoms with Crippen LogP contribution in [0.5, 0.6) is 0 Å². The van der Waals surface area contributed by atoms with Crippen LogP contribution in [0.2, 0.25) is 0 Å². The van der Waals surface area contributed by atoms with E-state index in [-0.39, 0.29) is 23.3 Å². The van der Waals surface area contributed by atoms with Gasteiger partial charge in [0, 0.05) is 61.2 Å². The van der Waals surface area contributed by atoms with Gasteiger partial charge in [-0.25, -0.2) is 32.5 Å². The number of thioether (sulfide) groups is 1. The molecule has 1 fully saturated rings. The maximum absolute atomic E-state index is 15.6. The van der Waals surface area contributed by atoms with Crippen molar-refractivity contribution in [2.45, 2.75) is 35.2 Å². The number of halogens is 1. The number of thiazole rings is 1. The van der Waals surface area contributed by atoms with Gasteiger partial charge in [0.05, 0.1) is 23.8 Å². The van der Waals surface area contributed by atoms with E-state index in [1.165, 1.54) is 29.5 Å². The number of aromatic nitrogens is 3. The molecule has 0 aliphatic carbocycles. The van der Waals surface area contributed by atoms with Crippen molar-refractivity contribution >= 4 is 71.9 Å². The van der Waals surface area contributed by atoms with Crippen molar-refractivity contribution in [2.75, 3.05) is 60.7 Å². The fourth-order valence-corrected chi connectivity index (χ4v) is 9.78. The monoisotopic (exact) mass is 852 g/mol. The number of pyridine rings is 2. The second kappa shape index (κ2) is 18.2. The third-order valence-corrected chi connectivity index (χ3v) is 13.5. The van der Waals surface area contributed by atoms with Crippen molar-refractivity contribution in [2.24, 2.45) is 0 Å². The predicted octanol–water partition coefficient (Wildman–Crippen LogP) is 6.45. The number of sulfonamides is 1. The van der Waals surface area contributed by atoms with Crippen LogP contribution in [0.1, 0.15) is 38.4 Å². The molecule has 17 heteroatoms. The molecule has 3 N–H and O–H groups in total. The molecule has 304 valence electrons. The normalized spacial score (nSPS) is 15.0. The Morgan fingerprint density at radius 1 is 0.915 bits per heavy atom. The molecule has 0 radical (unpaired) electrons. The lowest BCUT2D eigenvalue weighted by atomic mass is 9.94. The quantitative estimate of drug-likeness (QED) is 0.103. The fourth-order valence-electron chi connectivity index (χ4n) is 7.01. The third-order valence-electron chi connectivity index (χ3n) is 10.1. The lowest BCUT2D eigenvalue weighted by molar-refractivity contribution is 0.0370. The molecule has 2 amide bonds. The summed E-state index contributed by atoms with van der Waals surface area (Å²) in [5, 5.41) is 6.64. The highest BCUT2D eigenvalue weighted by molar-refractivity contribution is 7.99. The Hall–Kier alpha value is -5.46. The van der Waals surface area contributed by atoms with Gasteiger partial charge in [0.25, 0.3) is 21.8 Å². The van der Waals surface area contributed by atoms with E-state index in [1.807, 2.05) is 53.4 Å². The summed E-state index contributed by atoms with van der Waals surface area (Å²) in [5.74, 6) is -0.918. The molecule has 2 aliphatic rings. The summed E-state index contributed by atoms with van der Waals surface area (Å²) in [6.45, 7) is 4.72. The molecule has 0 bridgehead atoms. The topological polar surface area (TPSA) is 159 Å². The molecule has 6 aromatic rings. The van der Waals surface area contributed by atoms with Gasteiger partial charge in [-0.05, 0) is 84.6 Å². The molecule has 3 aromatic heterocycles. The largest absolute Gasteiger partial charge is 0.379 e. The Bertz CT molecular complexity index is 2540. The highest BCUT2D eigenvalue weighted by Crippen LogP contribution is 2.29. The molecule has 1 saturated heterocycles. The van der Waals surface area contributed by atoms with Gasteiger partial charge in [0.15, 0.2) is 5.13 Å². The Balaban J connectivity index is 0.922. The number of ether oxygens (including phenoxy) is 1. The van der Waals surface area contributed by atoms with E-state index in [2.05, 4.69) is 35.2 Å². The van der Waals surface area contributed by atoms with Crippen LogP contribution in [-0.2, 0) is 27.7 Å². The lowest BCUT2D eigenvalue weighted by Crippen LogP contribution is -2.39. The number of morpholine rings is 1. The van der Waals surface area contributed by atoms with E-state index in [1.54, 1.807) is 42.2 Å². The van der Waals surface area contributed by atoms with Crippen LogP contribution in [0, 0.1) is 5.82 Å². The van der Waals surface area contributed by atoms with Crippen LogP contribution in [0.4, 0.5) is 21.0 Å². The summed E-state index contributed by atoms with van der Waals surface area (Å²) in [6, 6.07) is 27.4. The molecule has 8 rings (SSSR count). The first-order chi connectivity index (χ1) is 28.7. The molecule has 1 atom stereocenters. The van der Waals surface area contributed by atoms with Gasteiger partial charge in [-0.2, -0.15) is 0 Å². The second-order valence-electron chi connectivity index (χ2n) is 14.1. The number of benzene rings is 3. The van der Waals surface area contributed by atoms with E-state index >= 15 is 4.39 Å². The van der Waals surface area contributed by atoms with Crippen molar-refractivity contribution < 1.29 is 27.1 Å². The van der Waals surface area contributed by atoms with Gasteiger partial charge in [-0.1, -0.05) is 47.7 Å². The summed E-state index contributed by atoms with van der Waals surface area (Å²) in [4.78, 5) is 45.8. The second-order valence-corrected chi connectivity index (χ2v) is 17.8. The van der Waals surface area contributed by atoms with E-state index in [9.17, 15) is 18.0 Å². The minimum absolute atomic E-state index is 0.114. The lowest BCUT2D eigenvalue weighted by Gasteiger charge is -2.31. The molecule has 13 nitrogen and oxygen atoms in total. The number of carbonyl (C=O) groups is 2. The van der Waals surface area contributed by atoms with Gasteiger partial charge in [-0.15, -0.1) is 11.8 Å². The van der Waals surface area contributed by atoms with Gasteiger partial charge < -0.3 is 15.0 Å². The van der Waals surface area contributed by atoms with Gasteiger partial charge in [0.1, 0.15) is 27.7 Å². The minimum Gasteiger partial charge on any atom is -0.379 e. The summed E-state index contributed by atoms with van der Waals surface area (Å²) in [7, 11) is -4.47. The molecular weight excluding hydrogens is 812 g/mol. The molecule has 2 aliphatic heterocycles. The highest BCUT2D eigenvalue weighted by Gasteiger charge is 2.26. The maximum atomic E-state index is 15.6. The Kier molecular flexibility index (Phi) is 12.4. The predicted molar refractivity (Wildman–Crippen MR) is 228 cm³/mol.